The molecule has 0 saturated heterocycles. The largest absolute Gasteiger partial charge is 0.396 e. The molecule has 5 nitrogen and oxygen atoms in total. The number of carbonyl (C=O) groups excluding carboxylic acids is 1. The molecule has 1 aliphatic rings. The number of hydrogen-bond acceptors (Lipinski definition) is 3. The van der Waals surface area contributed by atoms with Crippen molar-refractivity contribution in [2.24, 2.45) is 5.41 Å². The van der Waals surface area contributed by atoms with Crippen molar-refractivity contribution in [3.05, 3.63) is 51.8 Å². The molecule has 128 valence electrons. The first-order valence-electron chi connectivity index (χ1n) is 8.12. The first kappa shape index (κ1) is 17.0. The summed E-state index contributed by atoms with van der Waals surface area (Å²) in [6.07, 6.45) is 1.90. The van der Waals surface area contributed by atoms with Crippen LogP contribution in [0, 0.1) is 19.3 Å². The Morgan fingerprint density at radius 3 is 2.58 bits per heavy atom. The fourth-order valence-corrected chi connectivity index (χ4v) is 3.03. The Kier molecular flexibility index (Phi) is 4.65. The quantitative estimate of drug-likeness (QED) is 0.844. The zero-order valence-corrected chi connectivity index (χ0v) is 14.7. The van der Waals surface area contributed by atoms with Gasteiger partial charge in [-0.05, 0) is 32.3 Å². The molecular formula is C18H22ClN3O2. The number of benzene rings is 1. The first-order valence-corrected chi connectivity index (χ1v) is 8.49. The van der Waals surface area contributed by atoms with Crippen molar-refractivity contribution >= 4 is 17.5 Å². The molecule has 0 radical (unpaired) electrons. The lowest BCUT2D eigenvalue weighted by atomic mass is 10.1. The summed E-state index contributed by atoms with van der Waals surface area (Å²) in [6, 6.07) is 8.13. The van der Waals surface area contributed by atoms with E-state index in [2.05, 4.69) is 10.4 Å². The lowest BCUT2D eigenvalue weighted by Crippen LogP contribution is -2.32. The Morgan fingerprint density at radius 1 is 1.33 bits per heavy atom. The number of aliphatic hydroxyl groups excluding tert-OH is 1. The number of aromatic nitrogens is 2. The minimum absolute atomic E-state index is 0.104. The molecule has 6 heteroatoms. The van der Waals surface area contributed by atoms with Gasteiger partial charge in [-0.2, -0.15) is 5.10 Å². The number of carbonyl (C=O) groups is 1. The van der Waals surface area contributed by atoms with Crippen LogP contribution in [0.3, 0.4) is 0 Å². The predicted octanol–water partition coefficient (Wildman–Crippen LogP) is 2.70. The maximum absolute atomic E-state index is 12.5. The van der Waals surface area contributed by atoms with Crippen molar-refractivity contribution < 1.29 is 9.90 Å². The maximum atomic E-state index is 12.5. The Morgan fingerprint density at radius 2 is 2.00 bits per heavy atom. The van der Waals surface area contributed by atoms with Crippen LogP contribution in [0.2, 0.25) is 5.15 Å². The highest BCUT2D eigenvalue weighted by Gasteiger charge is 2.42. The lowest BCUT2D eigenvalue weighted by molar-refractivity contribution is 0.0934. The molecule has 3 rings (SSSR count). The molecule has 1 aromatic heterocycles. The van der Waals surface area contributed by atoms with E-state index in [0.29, 0.717) is 29.5 Å². The molecule has 1 aliphatic carbocycles. The monoisotopic (exact) mass is 347 g/mol. The minimum Gasteiger partial charge on any atom is -0.396 e. The van der Waals surface area contributed by atoms with Gasteiger partial charge >= 0.3 is 0 Å². The molecule has 1 saturated carbocycles. The number of halogens is 1. The van der Waals surface area contributed by atoms with E-state index < -0.39 is 0 Å². The summed E-state index contributed by atoms with van der Waals surface area (Å²) >= 11 is 6.40. The van der Waals surface area contributed by atoms with E-state index in [1.54, 1.807) is 11.6 Å². The van der Waals surface area contributed by atoms with E-state index in [9.17, 15) is 9.90 Å². The molecule has 0 atom stereocenters. The van der Waals surface area contributed by atoms with Gasteiger partial charge in [0.05, 0.1) is 24.4 Å². The van der Waals surface area contributed by atoms with Crippen molar-refractivity contribution in [1.82, 2.24) is 15.1 Å². The molecule has 0 bridgehead atoms. The zero-order chi connectivity index (χ0) is 17.3. The number of aryl methyl sites for hydroxylation is 2. The summed E-state index contributed by atoms with van der Waals surface area (Å²) in [5, 5.41) is 17.0. The second kappa shape index (κ2) is 6.57. The number of hydrogen-bond donors (Lipinski definition) is 2. The minimum atomic E-state index is -0.229. The summed E-state index contributed by atoms with van der Waals surface area (Å²) in [7, 11) is 0. The first-order chi connectivity index (χ1) is 11.4. The average Bonchev–Trinajstić information content (AvgIpc) is 3.29. The topological polar surface area (TPSA) is 67.2 Å². The third-order valence-electron chi connectivity index (χ3n) is 4.66. The van der Waals surface area contributed by atoms with Crippen molar-refractivity contribution in [2.45, 2.75) is 33.2 Å². The number of rotatable bonds is 6. The lowest BCUT2D eigenvalue weighted by Gasteiger charge is -2.12. The summed E-state index contributed by atoms with van der Waals surface area (Å²) in [5.41, 5.74) is 3.16. The van der Waals surface area contributed by atoms with Crippen molar-refractivity contribution in [1.29, 1.82) is 0 Å². The molecule has 1 amide bonds. The predicted molar refractivity (Wildman–Crippen MR) is 93.3 cm³/mol. The number of nitrogens with zero attached hydrogens (tertiary/aromatic N) is 2. The van der Waals surface area contributed by atoms with Crippen LogP contribution in [0.25, 0.3) is 0 Å². The van der Waals surface area contributed by atoms with E-state index in [1.807, 2.05) is 31.2 Å². The maximum Gasteiger partial charge on any atom is 0.256 e. The van der Waals surface area contributed by atoms with Crippen LogP contribution in [0.4, 0.5) is 0 Å². The van der Waals surface area contributed by atoms with Gasteiger partial charge in [0.25, 0.3) is 5.91 Å². The van der Waals surface area contributed by atoms with Crippen molar-refractivity contribution in [2.75, 3.05) is 13.2 Å². The van der Waals surface area contributed by atoms with Crippen LogP contribution in [0.5, 0.6) is 0 Å². The van der Waals surface area contributed by atoms with Crippen molar-refractivity contribution in [3.63, 3.8) is 0 Å². The molecule has 0 spiro atoms. The van der Waals surface area contributed by atoms with Gasteiger partial charge in [-0.3, -0.25) is 4.79 Å². The highest BCUT2D eigenvalue weighted by atomic mass is 35.5. The van der Waals surface area contributed by atoms with Gasteiger partial charge in [-0.1, -0.05) is 41.4 Å². The fourth-order valence-electron chi connectivity index (χ4n) is 2.71. The van der Waals surface area contributed by atoms with Crippen LogP contribution in [-0.4, -0.2) is 33.9 Å². The molecule has 2 N–H and O–H groups in total. The van der Waals surface area contributed by atoms with Gasteiger partial charge in [-0.15, -0.1) is 0 Å². The highest BCUT2D eigenvalue weighted by molar-refractivity contribution is 6.33. The van der Waals surface area contributed by atoms with Crippen LogP contribution in [0.1, 0.15) is 40.0 Å². The summed E-state index contributed by atoms with van der Waals surface area (Å²) in [6.45, 7) is 4.92. The van der Waals surface area contributed by atoms with Crippen molar-refractivity contribution in [3.8, 4) is 0 Å². The molecule has 0 aliphatic heterocycles. The average molecular weight is 348 g/mol. The molecule has 1 fully saturated rings. The van der Waals surface area contributed by atoms with Gasteiger partial charge in [-0.25, -0.2) is 4.68 Å². The zero-order valence-electron chi connectivity index (χ0n) is 14.0. The van der Waals surface area contributed by atoms with E-state index in [4.69, 9.17) is 11.6 Å². The van der Waals surface area contributed by atoms with Crippen LogP contribution >= 0.6 is 11.6 Å². The smallest absolute Gasteiger partial charge is 0.256 e. The normalized spacial score (nSPS) is 15.3. The molecule has 0 unspecified atom stereocenters. The second-order valence-electron chi connectivity index (χ2n) is 6.74. The van der Waals surface area contributed by atoms with Crippen LogP contribution in [0.15, 0.2) is 24.3 Å². The molecule has 1 aromatic carbocycles. The Bertz CT molecular complexity index is 748. The van der Waals surface area contributed by atoms with E-state index in [-0.39, 0.29) is 17.9 Å². The van der Waals surface area contributed by atoms with Gasteiger partial charge in [0.15, 0.2) is 0 Å². The Balaban J connectivity index is 1.73. The standard InChI is InChI=1S/C18H22ClN3O2/c1-12-3-5-14(6-4-12)9-22-16(19)15(13(2)21-22)17(24)20-10-18(11-23)7-8-18/h3-6,23H,7-11H2,1-2H3,(H,20,24). The summed E-state index contributed by atoms with van der Waals surface area (Å²) in [4.78, 5) is 12.5. The SMILES string of the molecule is Cc1ccc(Cn2nc(C)c(C(=O)NCC3(CO)CC3)c2Cl)cc1. The molecular weight excluding hydrogens is 326 g/mol. The van der Waals surface area contributed by atoms with Gasteiger partial charge < -0.3 is 10.4 Å². The third-order valence-corrected chi connectivity index (χ3v) is 5.05. The second-order valence-corrected chi connectivity index (χ2v) is 7.09. The van der Waals surface area contributed by atoms with E-state index in [0.717, 1.165) is 18.4 Å². The fraction of sp³-hybridized carbons (Fsp3) is 0.444. The van der Waals surface area contributed by atoms with Crippen LogP contribution < -0.4 is 5.32 Å². The molecule has 24 heavy (non-hydrogen) atoms. The third kappa shape index (κ3) is 3.47. The molecule has 1 heterocycles. The number of aliphatic hydroxyl groups is 1. The van der Waals surface area contributed by atoms with Gasteiger partial charge in [0.1, 0.15) is 5.15 Å². The molecule has 2 aromatic rings. The van der Waals surface area contributed by atoms with Gasteiger partial charge in [0.2, 0.25) is 0 Å². The number of amides is 1. The van der Waals surface area contributed by atoms with Crippen LogP contribution in [-0.2, 0) is 6.54 Å². The Labute approximate surface area is 146 Å². The summed E-state index contributed by atoms with van der Waals surface area (Å²) < 4.78 is 1.65. The highest BCUT2D eigenvalue weighted by Crippen LogP contribution is 2.44. The van der Waals surface area contributed by atoms with E-state index >= 15 is 0 Å². The number of nitrogens with one attached hydrogen (secondary N) is 1. The van der Waals surface area contributed by atoms with E-state index in [1.165, 1.54) is 5.56 Å². The van der Waals surface area contributed by atoms with Gasteiger partial charge in [0, 0.05) is 12.0 Å². The Hall–Kier alpha value is -1.85. The summed E-state index contributed by atoms with van der Waals surface area (Å²) in [5.74, 6) is -0.229.